The predicted octanol–water partition coefficient (Wildman–Crippen LogP) is 3.97. The number of aliphatic hydroxyl groups is 3. The van der Waals surface area contributed by atoms with Crippen LogP contribution in [0, 0.1) is 6.92 Å². The lowest BCUT2D eigenvalue weighted by Crippen LogP contribution is -2.52. The Labute approximate surface area is 195 Å². The minimum Gasteiger partial charge on any atom is -0.387 e. The topological polar surface area (TPSA) is 87.0 Å². The number of hydrogen-bond donors (Lipinski definition) is 3. The molecule has 0 aliphatic carbocycles. The van der Waals surface area contributed by atoms with Gasteiger partial charge in [0.15, 0.2) is 6.29 Å². The van der Waals surface area contributed by atoms with Crippen LogP contribution in [0.3, 0.4) is 0 Å². The summed E-state index contributed by atoms with van der Waals surface area (Å²) in [7, 11) is 0. The Morgan fingerprint density at radius 3 is 2.56 bits per heavy atom. The molecule has 1 saturated heterocycles. The summed E-state index contributed by atoms with van der Waals surface area (Å²) in [6, 6.07) is 17.6. The molecule has 7 heteroatoms. The van der Waals surface area contributed by atoms with Crippen LogP contribution in [-0.2, 0) is 11.2 Å². The van der Waals surface area contributed by atoms with Crippen molar-refractivity contribution in [2.75, 3.05) is 6.26 Å². The summed E-state index contributed by atoms with van der Waals surface area (Å²) in [5.74, 6) is 0. The summed E-state index contributed by atoms with van der Waals surface area (Å²) in [5, 5.41) is 30.9. The summed E-state index contributed by atoms with van der Waals surface area (Å²) in [5.41, 5.74) is 3.97. The molecule has 1 fully saturated rings. The van der Waals surface area contributed by atoms with Crippen LogP contribution in [0.25, 0.3) is 10.4 Å². The lowest BCUT2D eigenvalue weighted by atomic mass is 9.92. The maximum atomic E-state index is 11.4. The zero-order valence-electron chi connectivity index (χ0n) is 17.8. The Bertz CT molecular complexity index is 1090. The molecule has 3 N–H and O–H groups in total. The highest BCUT2D eigenvalue weighted by atomic mass is 32.2. The molecule has 2 aromatic carbocycles. The number of hydrogen-bond acceptors (Lipinski definition) is 7. The van der Waals surface area contributed by atoms with Gasteiger partial charge in [-0.1, -0.05) is 42.5 Å². The molecule has 0 spiro atoms. The SMILES string of the molecule is CS[C@H]1O[C@@H](c2ccc(C)c(Cc3ccc(-c4ccccc4C=O)s3)c2)[C@H](O)[C@@H](O)[C@@H]1O. The summed E-state index contributed by atoms with van der Waals surface area (Å²) >= 11 is 2.95. The molecule has 1 aliphatic heterocycles. The maximum Gasteiger partial charge on any atom is 0.150 e. The van der Waals surface area contributed by atoms with Gasteiger partial charge in [-0.15, -0.1) is 23.1 Å². The van der Waals surface area contributed by atoms with Crippen molar-refractivity contribution < 1.29 is 24.9 Å². The van der Waals surface area contributed by atoms with Gasteiger partial charge in [0, 0.05) is 27.3 Å². The Hall–Kier alpha value is -2.00. The molecule has 2 heterocycles. The molecular weight excluding hydrogens is 444 g/mol. The van der Waals surface area contributed by atoms with Gasteiger partial charge in [0.1, 0.15) is 29.9 Å². The van der Waals surface area contributed by atoms with Gasteiger partial charge in [-0.3, -0.25) is 4.79 Å². The third kappa shape index (κ3) is 4.55. The van der Waals surface area contributed by atoms with Crippen LogP contribution in [0.2, 0.25) is 0 Å². The molecule has 168 valence electrons. The molecule has 0 bridgehead atoms. The van der Waals surface area contributed by atoms with Gasteiger partial charge in [0.05, 0.1) is 0 Å². The van der Waals surface area contributed by atoms with Crippen LogP contribution < -0.4 is 0 Å². The van der Waals surface area contributed by atoms with Crippen molar-refractivity contribution in [1.82, 2.24) is 0 Å². The number of aldehydes is 1. The van der Waals surface area contributed by atoms with E-state index in [-0.39, 0.29) is 0 Å². The van der Waals surface area contributed by atoms with Crippen molar-refractivity contribution in [2.24, 2.45) is 0 Å². The first-order chi connectivity index (χ1) is 15.4. The van der Waals surface area contributed by atoms with E-state index >= 15 is 0 Å². The molecule has 3 aromatic rings. The van der Waals surface area contributed by atoms with Gasteiger partial charge in [0.2, 0.25) is 0 Å². The number of aryl methyl sites for hydroxylation is 1. The second kappa shape index (κ2) is 9.87. The molecule has 0 saturated carbocycles. The molecule has 0 radical (unpaired) electrons. The quantitative estimate of drug-likeness (QED) is 0.473. The fourth-order valence-corrected chi connectivity index (χ4v) is 5.76. The van der Waals surface area contributed by atoms with E-state index in [1.165, 1.54) is 11.8 Å². The van der Waals surface area contributed by atoms with E-state index < -0.39 is 29.9 Å². The van der Waals surface area contributed by atoms with Gasteiger partial charge in [-0.05, 0) is 42.0 Å². The summed E-state index contributed by atoms with van der Waals surface area (Å²) in [4.78, 5) is 13.6. The van der Waals surface area contributed by atoms with E-state index in [0.29, 0.717) is 12.0 Å². The first-order valence-electron chi connectivity index (χ1n) is 10.4. The van der Waals surface area contributed by atoms with Crippen LogP contribution in [0.15, 0.2) is 54.6 Å². The molecule has 5 nitrogen and oxygen atoms in total. The average molecular weight is 471 g/mol. The van der Waals surface area contributed by atoms with E-state index in [1.54, 1.807) is 17.6 Å². The molecule has 1 aliphatic rings. The number of thiophene rings is 1. The minimum atomic E-state index is -1.27. The second-order valence-electron chi connectivity index (χ2n) is 7.97. The summed E-state index contributed by atoms with van der Waals surface area (Å²) < 4.78 is 5.92. The van der Waals surface area contributed by atoms with Crippen LogP contribution in [0.1, 0.15) is 38.0 Å². The Morgan fingerprint density at radius 2 is 1.81 bits per heavy atom. The lowest BCUT2D eigenvalue weighted by Gasteiger charge is -2.40. The van der Waals surface area contributed by atoms with Crippen molar-refractivity contribution in [1.29, 1.82) is 0 Å². The van der Waals surface area contributed by atoms with Crippen LogP contribution >= 0.6 is 23.1 Å². The predicted molar refractivity (Wildman–Crippen MR) is 128 cm³/mol. The fourth-order valence-electron chi connectivity index (χ4n) is 4.01. The first-order valence-corrected chi connectivity index (χ1v) is 12.5. The second-order valence-corrected chi connectivity index (χ2v) is 10.1. The number of aliphatic hydroxyl groups excluding tert-OH is 3. The number of rotatable bonds is 6. The monoisotopic (exact) mass is 470 g/mol. The van der Waals surface area contributed by atoms with Gasteiger partial charge in [-0.2, -0.15) is 0 Å². The van der Waals surface area contributed by atoms with Crippen LogP contribution in [-0.4, -0.2) is 51.6 Å². The van der Waals surface area contributed by atoms with Gasteiger partial charge >= 0.3 is 0 Å². The fraction of sp³-hybridized carbons (Fsp3) is 0.320. The van der Waals surface area contributed by atoms with Gasteiger partial charge in [0.25, 0.3) is 0 Å². The highest BCUT2D eigenvalue weighted by Gasteiger charge is 2.44. The Balaban J connectivity index is 1.59. The summed E-state index contributed by atoms with van der Waals surface area (Å²) in [6.07, 6.45) is -0.958. The largest absolute Gasteiger partial charge is 0.387 e. The zero-order chi connectivity index (χ0) is 22.8. The van der Waals surface area contributed by atoms with E-state index in [2.05, 4.69) is 6.07 Å². The third-order valence-corrected chi connectivity index (χ3v) is 7.86. The maximum absolute atomic E-state index is 11.4. The van der Waals surface area contributed by atoms with E-state index in [9.17, 15) is 20.1 Å². The molecule has 1 aromatic heterocycles. The Kier molecular flexibility index (Phi) is 7.14. The lowest BCUT2D eigenvalue weighted by molar-refractivity contribution is -0.200. The number of thioether (sulfide) groups is 1. The van der Waals surface area contributed by atoms with Crippen molar-refractivity contribution in [3.63, 3.8) is 0 Å². The first kappa shape index (κ1) is 23.2. The van der Waals surface area contributed by atoms with E-state index in [1.807, 2.05) is 55.5 Å². The normalized spacial score (nSPS) is 25.6. The van der Waals surface area contributed by atoms with E-state index in [4.69, 9.17) is 4.74 Å². The van der Waals surface area contributed by atoms with Crippen LogP contribution in [0.4, 0.5) is 0 Å². The highest BCUT2D eigenvalue weighted by Crippen LogP contribution is 2.37. The third-order valence-electron chi connectivity index (χ3n) is 5.88. The summed E-state index contributed by atoms with van der Waals surface area (Å²) in [6.45, 7) is 2.04. The number of carbonyl (C=O) groups excluding carboxylic acids is 1. The van der Waals surface area contributed by atoms with Gasteiger partial charge < -0.3 is 20.1 Å². The highest BCUT2D eigenvalue weighted by molar-refractivity contribution is 7.99. The van der Waals surface area contributed by atoms with Gasteiger partial charge in [-0.25, -0.2) is 0 Å². The van der Waals surface area contributed by atoms with E-state index in [0.717, 1.165) is 38.3 Å². The van der Waals surface area contributed by atoms with Crippen molar-refractivity contribution >= 4 is 29.4 Å². The molecule has 0 amide bonds. The molecule has 0 unspecified atom stereocenters. The molecule has 32 heavy (non-hydrogen) atoms. The standard InChI is InChI=1S/C25H26O5S2/c1-14-7-8-15(24-22(28)21(27)23(29)25(30-24)31-2)11-17(14)12-18-9-10-20(32-18)19-6-4-3-5-16(19)13-26/h3-11,13,21-25,27-29H,12H2,1-2H3/t21-,22-,23+,24+,25-/m1/s1. The number of benzene rings is 2. The smallest absolute Gasteiger partial charge is 0.150 e. The molecular formula is C25H26O5S2. The Morgan fingerprint density at radius 1 is 1.03 bits per heavy atom. The zero-order valence-corrected chi connectivity index (χ0v) is 19.5. The molecule has 5 atom stereocenters. The molecule has 4 rings (SSSR count). The number of ether oxygens (including phenoxy) is 1. The van der Waals surface area contributed by atoms with Crippen molar-refractivity contribution in [3.8, 4) is 10.4 Å². The van der Waals surface area contributed by atoms with Crippen molar-refractivity contribution in [3.05, 3.63) is 81.7 Å². The number of carbonyl (C=O) groups is 1. The average Bonchev–Trinajstić information content (AvgIpc) is 3.27. The van der Waals surface area contributed by atoms with Crippen LogP contribution in [0.5, 0.6) is 0 Å². The minimum absolute atomic E-state index is 0.610. The van der Waals surface area contributed by atoms with Crippen molar-refractivity contribution in [2.45, 2.75) is 43.2 Å².